The molecule has 1 aromatic heterocycles. The van der Waals surface area contributed by atoms with Gasteiger partial charge < -0.3 is 15.9 Å². The molecule has 1 amide bonds. The van der Waals surface area contributed by atoms with Crippen molar-refractivity contribution in [1.29, 1.82) is 0 Å². The summed E-state index contributed by atoms with van der Waals surface area (Å²) in [6.07, 6.45) is 13.8. The first-order valence-corrected chi connectivity index (χ1v) is 12.6. The topological polar surface area (TPSA) is 83.5 Å². The molecule has 30 heavy (non-hydrogen) atoms. The molecule has 0 spiro atoms. The Labute approximate surface area is 193 Å². The van der Waals surface area contributed by atoms with Gasteiger partial charge in [-0.05, 0) is 85.2 Å². The van der Waals surface area contributed by atoms with Gasteiger partial charge in [-0.25, -0.2) is 0 Å². The van der Waals surface area contributed by atoms with Crippen LogP contribution in [0.15, 0.2) is 34.8 Å². The lowest BCUT2D eigenvalue weighted by Gasteiger charge is -2.21. The number of rotatable bonds is 12. The lowest BCUT2D eigenvalue weighted by atomic mass is 9.85. The summed E-state index contributed by atoms with van der Waals surface area (Å²) >= 11 is 5.32. The molecule has 1 heterocycles. The fraction of sp³-hybridized carbons (Fsp3) is 0.625. The van der Waals surface area contributed by atoms with Crippen molar-refractivity contribution >= 4 is 33.2 Å². The van der Waals surface area contributed by atoms with Crippen LogP contribution in [0, 0.1) is 24.7 Å². The van der Waals surface area contributed by atoms with E-state index in [1.165, 1.54) is 9.75 Å². The minimum Gasteiger partial charge on any atom is -0.393 e. The fourth-order valence-electron chi connectivity index (χ4n) is 4.35. The number of unbranched alkanes of at least 4 members (excludes halogenated alkanes) is 1. The highest BCUT2D eigenvalue weighted by Crippen LogP contribution is 2.42. The summed E-state index contributed by atoms with van der Waals surface area (Å²) in [7, 11) is 0. The van der Waals surface area contributed by atoms with Crippen LogP contribution in [0.5, 0.6) is 0 Å². The van der Waals surface area contributed by atoms with Crippen molar-refractivity contribution in [3.8, 4) is 0 Å². The molecule has 4 nitrogen and oxygen atoms in total. The monoisotopic (exact) mass is 497 g/mol. The molecule has 1 saturated carbocycles. The Hall–Kier alpha value is -0.950. The average molecular weight is 499 g/mol. The van der Waals surface area contributed by atoms with Crippen molar-refractivity contribution < 1.29 is 15.0 Å². The third kappa shape index (κ3) is 7.95. The Bertz CT molecular complexity index is 711. The third-order valence-electron chi connectivity index (χ3n) is 6.12. The Morgan fingerprint density at radius 3 is 2.83 bits per heavy atom. The van der Waals surface area contributed by atoms with E-state index >= 15 is 0 Å². The van der Waals surface area contributed by atoms with E-state index in [1.54, 1.807) is 11.3 Å². The quantitative estimate of drug-likeness (QED) is 0.270. The molecule has 6 heteroatoms. The zero-order valence-corrected chi connectivity index (χ0v) is 20.5. The highest BCUT2D eigenvalue weighted by Gasteiger charge is 2.39. The van der Waals surface area contributed by atoms with E-state index < -0.39 is 6.10 Å². The number of aryl methyl sites for hydroxylation is 2. The number of nitrogens with two attached hydrogens (primary N) is 1. The average Bonchev–Trinajstić information content (AvgIpc) is 3.19. The van der Waals surface area contributed by atoms with E-state index in [2.05, 4.69) is 54.1 Å². The van der Waals surface area contributed by atoms with E-state index in [4.69, 9.17) is 5.73 Å². The number of carbonyl (C=O) groups is 1. The molecule has 168 valence electrons. The molecule has 2 rings (SSSR count). The Morgan fingerprint density at radius 2 is 2.20 bits per heavy atom. The second-order valence-electron chi connectivity index (χ2n) is 8.39. The van der Waals surface area contributed by atoms with Gasteiger partial charge in [-0.15, -0.1) is 11.3 Å². The molecule has 0 aromatic carbocycles. The van der Waals surface area contributed by atoms with Crippen LogP contribution in [0.4, 0.5) is 0 Å². The molecule has 1 aromatic rings. The second kappa shape index (κ2) is 12.8. The van der Waals surface area contributed by atoms with E-state index in [-0.39, 0.29) is 23.8 Å². The summed E-state index contributed by atoms with van der Waals surface area (Å²) in [5.74, 6) is 0.661. The number of hydrogen-bond donors (Lipinski definition) is 3. The van der Waals surface area contributed by atoms with Crippen LogP contribution >= 0.6 is 27.3 Å². The van der Waals surface area contributed by atoms with Gasteiger partial charge in [0.2, 0.25) is 5.91 Å². The number of aliphatic hydroxyl groups excluding tert-OH is 2. The lowest BCUT2D eigenvalue weighted by molar-refractivity contribution is -0.118. The van der Waals surface area contributed by atoms with Gasteiger partial charge in [0.15, 0.2) is 0 Å². The number of thiophene rings is 1. The minimum absolute atomic E-state index is 0.182. The SMILES string of the molecule is CCC1CC(O)[C@H](CC=CCCCC(N)=O)[C@H]1C=C[C@@H](O)CCc1cc(Br)c(C)s1. The molecule has 0 bridgehead atoms. The molecule has 1 aliphatic carbocycles. The molecule has 0 saturated heterocycles. The summed E-state index contributed by atoms with van der Waals surface area (Å²) < 4.78 is 1.14. The molecule has 1 aliphatic rings. The number of halogens is 1. The predicted octanol–water partition coefficient (Wildman–Crippen LogP) is 5.29. The van der Waals surface area contributed by atoms with Crippen LogP contribution < -0.4 is 5.73 Å². The molecular weight excluding hydrogens is 462 g/mol. The highest BCUT2D eigenvalue weighted by atomic mass is 79.9. The van der Waals surface area contributed by atoms with Crippen LogP contribution in [0.2, 0.25) is 0 Å². The van der Waals surface area contributed by atoms with Crippen LogP contribution in [0.1, 0.15) is 61.6 Å². The van der Waals surface area contributed by atoms with Gasteiger partial charge in [-0.1, -0.05) is 37.6 Å². The van der Waals surface area contributed by atoms with Gasteiger partial charge >= 0.3 is 0 Å². The zero-order valence-electron chi connectivity index (χ0n) is 18.1. The molecule has 0 aliphatic heterocycles. The first-order valence-electron chi connectivity index (χ1n) is 11.0. The smallest absolute Gasteiger partial charge is 0.217 e. The van der Waals surface area contributed by atoms with Gasteiger partial charge in [-0.3, -0.25) is 4.79 Å². The Morgan fingerprint density at radius 1 is 1.43 bits per heavy atom. The molecule has 4 N–H and O–H groups in total. The first-order chi connectivity index (χ1) is 14.3. The second-order valence-corrected chi connectivity index (χ2v) is 10.6. The molecule has 2 unspecified atom stereocenters. The van der Waals surface area contributed by atoms with Gasteiger partial charge in [0.05, 0.1) is 12.2 Å². The number of hydrogen-bond acceptors (Lipinski definition) is 4. The summed E-state index contributed by atoms with van der Waals surface area (Å²) in [6.45, 7) is 4.27. The predicted molar refractivity (Wildman–Crippen MR) is 128 cm³/mol. The van der Waals surface area contributed by atoms with Crippen molar-refractivity contribution in [2.45, 2.75) is 77.4 Å². The highest BCUT2D eigenvalue weighted by molar-refractivity contribution is 9.10. The zero-order chi connectivity index (χ0) is 22.1. The maximum atomic E-state index is 10.8. The number of aliphatic hydroxyl groups is 2. The van der Waals surface area contributed by atoms with E-state index in [1.807, 2.05) is 6.08 Å². The lowest BCUT2D eigenvalue weighted by Crippen LogP contribution is -2.19. The van der Waals surface area contributed by atoms with Crippen molar-refractivity contribution in [3.05, 3.63) is 44.6 Å². The number of carbonyl (C=O) groups excluding carboxylic acids is 1. The number of amides is 1. The van der Waals surface area contributed by atoms with E-state index in [0.29, 0.717) is 18.8 Å². The van der Waals surface area contributed by atoms with Gasteiger partial charge in [0, 0.05) is 20.6 Å². The Kier molecular flexibility index (Phi) is 10.8. The van der Waals surface area contributed by atoms with Crippen LogP contribution in [-0.2, 0) is 11.2 Å². The van der Waals surface area contributed by atoms with Crippen molar-refractivity contribution in [2.24, 2.45) is 23.5 Å². The van der Waals surface area contributed by atoms with Gasteiger partial charge in [0.25, 0.3) is 0 Å². The maximum absolute atomic E-state index is 10.8. The van der Waals surface area contributed by atoms with Crippen molar-refractivity contribution in [1.82, 2.24) is 0 Å². The van der Waals surface area contributed by atoms with Crippen molar-refractivity contribution in [2.75, 3.05) is 0 Å². The van der Waals surface area contributed by atoms with Crippen LogP contribution in [0.3, 0.4) is 0 Å². The minimum atomic E-state index is -0.466. The number of primary amides is 1. The number of allylic oxidation sites excluding steroid dienone is 3. The van der Waals surface area contributed by atoms with E-state index in [9.17, 15) is 15.0 Å². The van der Waals surface area contributed by atoms with Crippen molar-refractivity contribution in [3.63, 3.8) is 0 Å². The molecular formula is C24H36BrNO3S. The summed E-state index contributed by atoms with van der Waals surface area (Å²) in [5.41, 5.74) is 5.17. The fourth-order valence-corrected chi connectivity index (χ4v) is 5.97. The summed E-state index contributed by atoms with van der Waals surface area (Å²) in [5, 5.41) is 21.1. The summed E-state index contributed by atoms with van der Waals surface area (Å²) in [6, 6.07) is 2.14. The maximum Gasteiger partial charge on any atom is 0.217 e. The van der Waals surface area contributed by atoms with Gasteiger partial charge in [0.1, 0.15) is 0 Å². The molecule has 0 radical (unpaired) electrons. The standard InChI is InChI=1S/C24H36BrNO3S/c1-3-17-14-23(28)21(8-6-4-5-7-9-24(26)29)20(17)13-11-18(27)10-12-19-15-22(25)16(2)30-19/h4,6,11,13,15,17-18,20-21,23,27-28H,3,5,7-10,12,14H2,1-2H3,(H2,26,29)/t17?,18-,20-,21+,23?/m0/s1. The third-order valence-corrected chi connectivity index (χ3v) is 8.32. The molecule has 1 fully saturated rings. The normalized spacial score (nSPS) is 25.5. The van der Waals surface area contributed by atoms with E-state index in [0.717, 1.165) is 43.0 Å². The van der Waals surface area contributed by atoms with Crippen LogP contribution in [0.25, 0.3) is 0 Å². The first kappa shape index (κ1) is 25.3. The molecule has 5 atom stereocenters. The summed E-state index contributed by atoms with van der Waals surface area (Å²) in [4.78, 5) is 13.4. The van der Waals surface area contributed by atoms with Gasteiger partial charge in [-0.2, -0.15) is 0 Å². The largest absolute Gasteiger partial charge is 0.393 e. The van der Waals surface area contributed by atoms with Crippen LogP contribution in [-0.4, -0.2) is 28.3 Å². The Balaban J connectivity index is 1.88.